The molecule has 1 aromatic carbocycles. The lowest BCUT2D eigenvalue weighted by molar-refractivity contribution is 0.457. The zero-order valence-electron chi connectivity index (χ0n) is 8.43. The highest BCUT2D eigenvalue weighted by molar-refractivity contribution is 14.1. The second kappa shape index (κ2) is 5.22. The summed E-state index contributed by atoms with van der Waals surface area (Å²) in [6.45, 7) is 0.498. The summed E-state index contributed by atoms with van der Waals surface area (Å²) >= 11 is 2.13. The van der Waals surface area contributed by atoms with Crippen LogP contribution in [0.4, 0.5) is 0 Å². The van der Waals surface area contributed by atoms with Gasteiger partial charge in [-0.25, -0.2) is 9.97 Å². The summed E-state index contributed by atoms with van der Waals surface area (Å²) in [5.41, 5.74) is 6.59. The Morgan fingerprint density at radius 2 is 2.25 bits per heavy atom. The molecule has 2 N–H and O–H groups in total. The summed E-state index contributed by atoms with van der Waals surface area (Å²) in [6.07, 6.45) is 3.17. The predicted octanol–water partition coefficient (Wildman–Crippen LogP) is 2.33. The van der Waals surface area contributed by atoms with Crippen molar-refractivity contribution in [2.75, 3.05) is 0 Å². The van der Waals surface area contributed by atoms with Crippen molar-refractivity contribution in [1.29, 1.82) is 0 Å². The molecule has 0 unspecified atom stereocenters. The predicted molar refractivity (Wildman–Crippen MR) is 69.2 cm³/mol. The summed E-state index contributed by atoms with van der Waals surface area (Å²) in [7, 11) is 0. The maximum absolute atomic E-state index is 5.64. The number of hydrogen-bond donors (Lipinski definition) is 1. The summed E-state index contributed by atoms with van der Waals surface area (Å²) in [5, 5.41) is 0. The Morgan fingerprint density at radius 3 is 3.00 bits per heavy atom. The van der Waals surface area contributed by atoms with E-state index in [9.17, 15) is 0 Å². The first-order chi connectivity index (χ1) is 7.79. The molecule has 0 aliphatic heterocycles. The lowest BCUT2D eigenvalue weighted by atomic mass is 10.2. The molecule has 2 rings (SSSR count). The Morgan fingerprint density at radius 1 is 1.38 bits per heavy atom. The molecule has 0 saturated carbocycles. The van der Waals surface area contributed by atoms with Gasteiger partial charge in [-0.15, -0.1) is 0 Å². The number of halogens is 1. The van der Waals surface area contributed by atoms with E-state index in [2.05, 4.69) is 32.6 Å². The molecular formula is C11H10IN3O. The first kappa shape index (κ1) is 11.3. The first-order valence-corrected chi connectivity index (χ1v) is 5.80. The molecule has 0 spiro atoms. The van der Waals surface area contributed by atoms with Crippen LogP contribution >= 0.6 is 22.6 Å². The van der Waals surface area contributed by atoms with Gasteiger partial charge >= 0.3 is 0 Å². The zero-order chi connectivity index (χ0) is 11.4. The van der Waals surface area contributed by atoms with E-state index in [1.54, 1.807) is 6.20 Å². The maximum Gasteiger partial charge on any atom is 0.235 e. The molecule has 0 aliphatic rings. The lowest BCUT2D eigenvalue weighted by Gasteiger charge is -2.06. The zero-order valence-corrected chi connectivity index (χ0v) is 10.6. The van der Waals surface area contributed by atoms with E-state index in [1.807, 2.05) is 24.3 Å². The van der Waals surface area contributed by atoms with Crippen molar-refractivity contribution in [1.82, 2.24) is 9.97 Å². The van der Waals surface area contributed by atoms with Crippen molar-refractivity contribution in [3.63, 3.8) is 0 Å². The Hall–Kier alpha value is -1.21. The second-order valence-electron chi connectivity index (χ2n) is 3.13. The molecule has 0 saturated heterocycles. The van der Waals surface area contributed by atoms with Crippen LogP contribution in [0.15, 0.2) is 36.8 Å². The summed E-state index contributed by atoms with van der Waals surface area (Å²) < 4.78 is 6.51. The average Bonchev–Trinajstić information content (AvgIpc) is 2.32. The fourth-order valence-electron chi connectivity index (χ4n) is 1.22. The summed E-state index contributed by atoms with van der Waals surface area (Å²) in [5.74, 6) is 1.30. The third-order valence-corrected chi connectivity index (χ3v) is 2.72. The van der Waals surface area contributed by atoms with Crippen LogP contribution in [0, 0.1) is 3.57 Å². The minimum absolute atomic E-state index is 0.498. The van der Waals surface area contributed by atoms with Gasteiger partial charge in [-0.05, 0) is 40.3 Å². The molecule has 0 amide bonds. The highest BCUT2D eigenvalue weighted by Crippen LogP contribution is 2.23. The fourth-order valence-corrected chi connectivity index (χ4v) is 1.63. The van der Waals surface area contributed by atoms with Crippen molar-refractivity contribution in [2.24, 2.45) is 5.73 Å². The summed E-state index contributed by atoms with van der Waals surface area (Å²) in [4.78, 5) is 7.96. The van der Waals surface area contributed by atoms with Crippen LogP contribution in [0.25, 0.3) is 0 Å². The summed E-state index contributed by atoms with van der Waals surface area (Å²) in [6, 6.07) is 7.64. The van der Waals surface area contributed by atoms with E-state index in [4.69, 9.17) is 10.5 Å². The number of aromatic nitrogens is 2. The van der Waals surface area contributed by atoms with E-state index in [0.717, 1.165) is 14.9 Å². The number of ether oxygens (including phenoxy) is 1. The Kier molecular flexibility index (Phi) is 3.68. The van der Waals surface area contributed by atoms with Gasteiger partial charge in [0.1, 0.15) is 12.1 Å². The van der Waals surface area contributed by atoms with Crippen LogP contribution in [0.5, 0.6) is 11.6 Å². The average molecular weight is 327 g/mol. The number of nitrogens with two attached hydrogens (primary N) is 1. The van der Waals surface area contributed by atoms with Gasteiger partial charge in [0.25, 0.3) is 0 Å². The Labute approximate surface area is 107 Å². The molecule has 16 heavy (non-hydrogen) atoms. The van der Waals surface area contributed by atoms with Crippen molar-refractivity contribution in [2.45, 2.75) is 6.54 Å². The lowest BCUT2D eigenvalue weighted by Crippen LogP contribution is -1.97. The minimum Gasteiger partial charge on any atom is -0.438 e. The van der Waals surface area contributed by atoms with Gasteiger partial charge < -0.3 is 10.5 Å². The highest BCUT2D eigenvalue weighted by Gasteiger charge is 2.03. The van der Waals surface area contributed by atoms with Crippen molar-refractivity contribution in [3.05, 3.63) is 45.9 Å². The van der Waals surface area contributed by atoms with Crippen LogP contribution in [0.3, 0.4) is 0 Å². The van der Waals surface area contributed by atoms with E-state index in [-0.39, 0.29) is 0 Å². The monoisotopic (exact) mass is 327 g/mol. The molecule has 0 radical (unpaired) electrons. The molecule has 82 valence electrons. The molecule has 1 aromatic heterocycles. The number of nitrogens with zero attached hydrogens (tertiary/aromatic N) is 2. The van der Waals surface area contributed by atoms with Gasteiger partial charge in [0.05, 0.1) is 3.57 Å². The topological polar surface area (TPSA) is 61.0 Å². The standard InChI is InChI=1S/C11H10IN3O/c12-10-6-14-7-15-11(10)16-9-3-1-2-8(4-9)5-13/h1-4,6-7H,5,13H2. The second-order valence-corrected chi connectivity index (χ2v) is 4.29. The van der Waals surface area contributed by atoms with Crippen LogP contribution in [-0.2, 0) is 6.54 Å². The first-order valence-electron chi connectivity index (χ1n) is 4.72. The molecular weight excluding hydrogens is 317 g/mol. The molecule has 4 nitrogen and oxygen atoms in total. The van der Waals surface area contributed by atoms with Crippen LogP contribution in [0.2, 0.25) is 0 Å². The normalized spacial score (nSPS) is 10.1. The maximum atomic E-state index is 5.64. The number of benzene rings is 1. The molecule has 1 heterocycles. The van der Waals surface area contributed by atoms with Crippen LogP contribution in [0.1, 0.15) is 5.56 Å². The van der Waals surface area contributed by atoms with E-state index >= 15 is 0 Å². The van der Waals surface area contributed by atoms with E-state index in [1.165, 1.54) is 6.33 Å². The number of hydrogen-bond acceptors (Lipinski definition) is 4. The smallest absolute Gasteiger partial charge is 0.235 e. The Bertz CT molecular complexity index is 490. The third kappa shape index (κ3) is 2.67. The largest absolute Gasteiger partial charge is 0.438 e. The van der Waals surface area contributed by atoms with Gasteiger partial charge in [-0.1, -0.05) is 12.1 Å². The van der Waals surface area contributed by atoms with Crippen molar-refractivity contribution < 1.29 is 4.74 Å². The van der Waals surface area contributed by atoms with E-state index < -0.39 is 0 Å². The van der Waals surface area contributed by atoms with Crippen LogP contribution in [-0.4, -0.2) is 9.97 Å². The number of rotatable bonds is 3. The molecule has 0 bridgehead atoms. The van der Waals surface area contributed by atoms with Crippen LogP contribution < -0.4 is 10.5 Å². The van der Waals surface area contributed by atoms with Crippen molar-refractivity contribution in [3.8, 4) is 11.6 Å². The minimum atomic E-state index is 0.498. The fraction of sp³-hybridized carbons (Fsp3) is 0.0909. The van der Waals surface area contributed by atoms with Gasteiger partial charge in [0.2, 0.25) is 5.88 Å². The highest BCUT2D eigenvalue weighted by atomic mass is 127. The Balaban J connectivity index is 2.24. The molecule has 5 heteroatoms. The third-order valence-electron chi connectivity index (χ3n) is 1.98. The van der Waals surface area contributed by atoms with Gasteiger partial charge in [-0.2, -0.15) is 0 Å². The quantitative estimate of drug-likeness (QED) is 0.879. The SMILES string of the molecule is NCc1cccc(Oc2ncncc2I)c1. The molecule has 0 aliphatic carbocycles. The van der Waals surface area contributed by atoms with Gasteiger partial charge in [0.15, 0.2) is 0 Å². The molecule has 2 aromatic rings. The van der Waals surface area contributed by atoms with E-state index in [0.29, 0.717) is 12.4 Å². The van der Waals surface area contributed by atoms with Gasteiger partial charge in [-0.3, -0.25) is 0 Å². The molecule has 0 fully saturated rings. The van der Waals surface area contributed by atoms with Gasteiger partial charge in [0, 0.05) is 12.7 Å². The van der Waals surface area contributed by atoms with Crippen molar-refractivity contribution >= 4 is 22.6 Å². The molecule has 0 atom stereocenters.